The van der Waals surface area contributed by atoms with Gasteiger partial charge in [-0.05, 0) is 13.3 Å². The number of carbonyl (C=O) groups is 2. The number of carbonyl (C=O) groups excluding carboxylic acids is 2. The SMILES string of the molecule is COCCN1C[C@@H](C(=O)NCCSc2n[nH]c(C)n2)CCC1=O. The van der Waals surface area contributed by atoms with Crippen molar-refractivity contribution >= 4 is 23.6 Å². The first-order chi connectivity index (χ1) is 11.1. The molecule has 2 amide bonds. The van der Waals surface area contributed by atoms with Gasteiger partial charge in [-0.25, -0.2) is 4.98 Å². The van der Waals surface area contributed by atoms with E-state index in [-0.39, 0.29) is 17.7 Å². The minimum Gasteiger partial charge on any atom is -0.383 e. The molecule has 1 aliphatic heterocycles. The van der Waals surface area contributed by atoms with Gasteiger partial charge >= 0.3 is 0 Å². The molecule has 0 spiro atoms. The van der Waals surface area contributed by atoms with E-state index in [1.807, 2.05) is 6.92 Å². The van der Waals surface area contributed by atoms with Crippen LogP contribution in [-0.2, 0) is 14.3 Å². The molecule has 0 radical (unpaired) electrons. The fraction of sp³-hybridized carbons (Fsp3) is 0.714. The molecule has 1 fully saturated rings. The van der Waals surface area contributed by atoms with Crippen molar-refractivity contribution < 1.29 is 14.3 Å². The predicted molar refractivity (Wildman–Crippen MR) is 86.0 cm³/mol. The second-order valence-electron chi connectivity index (χ2n) is 5.41. The van der Waals surface area contributed by atoms with Crippen molar-refractivity contribution in [2.75, 3.05) is 39.1 Å². The van der Waals surface area contributed by atoms with Gasteiger partial charge in [0, 0.05) is 38.9 Å². The van der Waals surface area contributed by atoms with Crippen LogP contribution in [0.25, 0.3) is 0 Å². The molecule has 0 aliphatic carbocycles. The van der Waals surface area contributed by atoms with Crippen LogP contribution in [-0.4, -0.2) is 71.0 Å². The minimum absolute atomic E-state index is 0.00619. The lowest BCUT2D eigenvalue weighted by Crippen LogP contribution is -2.47. The molecule has 0 bridgehead atoms. The summed E-state index contributed by atoms with van der Waals surface area (Å²) in [7, 11) is 1.60. The molecule has 2 heterocycles. The number of methoxy groups -OCH3 is 1. The highest BCUT2D eigenvalue weighted by atomic mass is 32.2. The summed E-state index contributed by atoms with van der Waals surface area (Å²) in [5, 5.41) is 10.4. The van der Waals surface area contributed by atoms with E-state index in [1.165, 1.54) is 11.8 Å². The van der Waals surface area contributed by atoms with Crippen LogP contribution in [0.4, 0.5) is 0 Å². The Balaban J connectivity index is 1.69. The Kier molecular flexibility index (Phi) is 6.85. The number of hydrogen-bond donors (Lipinski definition) is 2. The van der Waals surface area contributed by atoms with Gasteiger partial charge in [0.05, 0.1) is 12.5 Å². The monoisotopic (exact) mass is 341 g/mol. The quantitative estimate of drug-likeness (QED) is 0.518. The average Bonchev–Trinajstić information content (AvgIpc) is 2.96. The number of likely N-dealkylation sites (tertiary alicyclic amines) is 1. The van der Waals surface area contributed by atoms with Crippen LogP contribution in [0.15, 0.2) is 5.16 Å². The number of piperidine rings is 1. The normalized spacial score (nSPS) is 18.3. The topological polar surface area (TPSA) is 100 Å². The molecule has 1 aliphatic rings. The zero-order chi connectivity index (χ0) is 16.7. The molecule has 1 aromatic heterocycles. The summed E-state index contributed by atoms with van der Waals surface area (Å²) in [5.41, 5.74) is 0. The van der Waals surface area contributed by atoms with Crippen LogP contribution in [0.5, 0.6) is 0 Å². The van der Waals surface area contributed by atoms with Gasteiger partial charge in [-0.2, -0.15) is 0 Å². The van der Waals surface area contributed by atoms with Crippen LogP contribution in [0, 0.1) is 12.8 Å². The lowest BCUT2D eigenvalue weighted by Gasteiger charge is -2.31. The maximum absolute atomic E-state index is 12.2. The van der Waals surface area contributed by atoms with E-state index in [1.54, 1.807) is 12.0 Å². The molecule has 1 atom stereocenters. The zero-order valence-corrected chi connectivity index (χ0v) is 14.3. The Hall–Kier alpha value is -1.61. The van der Waals surface area contributed by atoms with Gasteiger partial charge in [-0.3, -0.25) is 14.7 Å². The summed E-state index contributed by atoms with van der Waals surface area (Å²) in [6.07, 6.45) is 1.04. The Morgan fingerprint density at radius 1 is 1.57 bits per heavy atom. The van der Waals surface area contributed by atoms with Crippen molar-refractivity contribution in [3.05, 3.63) is 5.82 Å². The molecular formula is C14H23N5O3S. The summed E-state index contributed by atoms with van der Waals surface area (Å²) in [6.45, 7) is 3.91. The van der Waals surface area contributed by atoms with Crippen molar-refractivity contribution in [1.29, 1.82) is 0 Å². The van der Waals surface area contributed by atoms with Crippen molar-refractivity contribution in [3.63, 3.8) is 0 Å². The number of rotatable bonds is 8. The highest BCUT2D eigenvalue weighted by Crippen LogP contribution is 2.18. The number of aromatic nitrogens is 3. The van der Waals surface area contributed by atoms with Crippen molar-refractivity contribution in [2.45, 2.75) is 24.9 Å². The first-order valence-corrected chi connectivity index (χ1v) is 8.65. The summed E-state index contributed by atoms with van der Waals surface area (Å²) < 4.78 is 5.00. The third-order valence-corrected chi connectivity index (χ3v) is 4.49. The van der Waals surface area contributed by atoms with Gasteiger partial charge in [-0.1, -0.05) is 11.8 Å². The van der Waals surface area contributed by atoms with Crippen LogP contribution >= 0.6 is 11.8 Å². The van der Waals surface area contributed by atoms with E-state index in [9.17, 15) is 9.59 Å². The largest absolute Gasteiger partial charge is 0.383 e. The van der Waals surface area contributed by atoms with E-state index in [0.717, 1.165) is 5.82 Å². The van der Waals surface area contributed by atoms with Crippen LogP contribution < -0.4 is 5.32 Å². The Morgan fingerprint density at radius 3 is 3.09 bits per heavy atom. The van der Waals surface area contributed by atoms with Crippen molar-refractivity contribution in [2.24, 2.45) is 5.92 Å². The molecule has 2 N–H and O–H groups in total. The van der Waals surface area contributed by atoms with Gasteiger partial charge in [0.2, 0.25) is 17.0 Å². The number of ether oxygens (including phenoxy) is 1. The van der Waals surface area contributed by atoms with E-state index in [0.29, 0.717) is 50.0 Å². The van der Waals surface area contributed by atoms with Gasteiger partial charge in [0.15, 0.2) is 0 Å². The standard InChI is InChI=1S/C14H23N5O3S/c1-10-16-14(18-17-10)23-8-5-15-13(21)11-3-4-12(20)19(9-11)6-7-22-2/h11H,3-9H2,1-2H3,(H,15,21)(H,16,17,18)/t11-/m0/s1. The summed E-state index contributed by atoms with van der Waals surface area (Å²) in [5.74, 6) is 1.45. The van der Waals surface area contributed by atoms with Crippen molar-refractivity contribution in [1.82, 2.24) is 25.4 Å². The highest BCUT2D eigenvalue weighted by molar-refractivity contribution is 7.99. The van der Waals surface area contributed by atoms with Crippen LogP contribution in [0.2, 0.25) is 0 Å². The van der Waals surface area contributed by atoms with Gasteiger partial charge < -0.3 is 15.0 Å². The second kappa shape index (κ2) is 8.88. The molecule has 0 saturated carbocycles. The number of aryl methyl sites for hydroxylation is 1. The molecule has 1 aromatic rings. The fourth-order valence-electron chi connectivity index (χ4n) is 2.39. The molecule has 0 unspecified atom stereocenters. The lowest BCUT2D eigenvalue weighted by molar-refractivity contribution is -0.138. The predicted octanol–water partition coefficient (Wildman–Crippen LogP) is 0.206. The van der Waals surface area contributed by atoms with Crippen LogP contribution in [0.3, 0.4) is 0 Å². The van der Waals surface area contributed by atoms with Gasteiger partial charge in [0.1, 0.15) is 5.82 Å². The maximum Gasteiger partial charge on any atom is 0.224 e. The summed E-state index contributed by atoms with van der Waals surface area (Å²) >= 11 is 1.49. The summed E-state index contributed by atoms with van der Waals surface area (Å²) in [6, 6.07) is 0. The van der Waals surface area contributed by atoms with E-state index >= 15 is 0 Å². The molecule has 9 heteroatoms. The van der Waals surface area contributed by atoms with Gasteiger partial charge in [0.25, 0.3) is 0 Å². The number of nitrogens with one attached hydrogen (secondary N) is 2. The molecule has 0 aromatic carbocycles. The zero-order valence-electron chi connectivity index (χ0n) is 13.5. The first-order valence-electron chi connectivity index (χ1n) is 7.66. The number of amides is 2. The fourth-order valence-corrected chi connectivity index (χ4v) is 3.09. The summed E-state index contributed by atoms with van der Waals surface area (Å²) in [4.78, 5) is 29.9. The lowest BCUT2D eigenvalue weighted by atomic mass is 9.96. The van der Waals surface area contributed by atoms with Crippen molar-refractivity contribution in [3.8, 4) is 0 Å². The number of H-pyrrole nitrogens is 1. The molecule has 128 valence electrons. The number of thioether (sulfide) groups is 1. The Bertz CT molecular complexity index is 536. The first kappa shape index (κ1) is 17.7. The third kappa shape index (κ3) is 5.51. The minimum atomic E-state index is -0.139. The van der Waals surface area contributed by atoms with Gasteiger partial charge in [-0.15, -0.1) is 5.10 Å². The highest BCUT2D eigenvalue weighted by Gasteiger charge is 2.29. The van der Waals surface area contributed by atoms with E-state index < -0.39 is 0 Å². The third-order valence-electron chi connectivity index (χ3n) is 3.65. The molecule has 2 rings (SSSR count). The van der Waals surface area contributed by atoms with Crippen LogP contribution in [0.1, 0.15) is 18.7 Å². The van der Waals surface area contributed by atoms with E-state index in [2.05, 4.69) is 20.5 Å². The Labute approximate surface area is 139 Å². The molecule has 8 nitrogen and oxygen atoms in total. The smallest absolute Gasteiger partial charge is 0.224 e. The second-order valence-corrected chi connectivity index (χ2v) is 6.47. The number of nitrogens with zero attached hydrogens (tertiary/aromatic N) is 3. The average molecular weight is 341 g/mol. The number of aromatic amines is 1. The molecular weight excluding hydrogens is 318 g/mol. The maximum atomic E-state index is 12.2. The number of hydrogen-bond acceptors (Lipinski definition) is 6. The van der Waals surface area contributed by atoms with E-state index in [4.69, 9.17) is 4.74 Å². The Morgan fingerprint density at radius 2 is 2.39 bits per heavy atom. The molecule has 1 saturated heterocycles. The molecule has 23 heavy (non-hydrogen) atoms.